The maximum atomic E-state index is 6.13. The van der Waals surface area contributed by atoms with Crippen LogP contribution in [-0.4, -0.2) is 0 Å². The molecule has 1 nitrogen and oxygen atoms in total. The molecule has 14 heavy (non-hydrogen) atoms. The highest BCUT2D eigenvalue weighted by atomic mass is 35.5. The van der Waals surface area contributed by atoms with Gasteiger partial charge < -0.3 is 5.32 Å². The number of benzene rings is 1. The van der Waals surface area contributed by atoms with E-state index in [1.165, 1.54) is 17.5 Å². The molecule has 0 saturated carbocycles. The van der Waals surface area contributed by atoms with Crippen LogP contribution in [0.5, 0.6) is 0 Å². The number of fused-ring (bicyclic) bond motifs is 1. The highest BCUT2D eigenvalue weighted by molar-refractivity contribution is 6.31. The zero-order valence-corrected chi connectivity index (χ0v) is 9.43. The van der Waals surface area contributed by atoms with Crippen molar-refractivity contribution in [2.75, 3.05) is 0 Å². The third kappa shape index (κ3) is 1.79. The molecule has 1 aromatic carbocycles. The molecule has 76 valence electrons. The van der Waals surface area contributed by atoms with Crippen LogP contribution in [-0.2, 0) is 6.54 Å². The fourth-order valence-corrected chi connectivity index (χ4v) is 2.35. The summed E-state index contributed by atoms with van der Waals surface area (Å²) in [5, 5.41) is 4.41. The Bertz CT molecular complexity index is 333. The molecule has 0 bridgehead atoms. The van der Waals surface area contributed by atoms with E-state index in [4.69, 9.17) is 11.6 Å². The molecule has 1 heterocycles. The Kier molecular flexibility index (Phi) is 2.80. The van der Waals surface area contributed by atoms with Crippen molar-refractivity contribution in [1.82, 2.24) is 5.32 Å². The third-order valence-electron chi connectivity index (χ3n) is 2.76. The van der Waals surface area contributed by atoms with Gasteiger partial charge in [-0.25, -0.2) is 0 Å². The van der Waals surface area contributed by atoms with Crippen molar-refractivity contribution in [3.63, 3.8) is 0 Å². The molecular formula is C12H16ClN. The Morgan fingerprint density at radius 2 is 2.29 bits per heavy atom. The maximum absolute atomic E-state index is 6.13. The Balaban J connectivity index is 2.26. The second-order valence-electron chi connectivity index (χ2n) is 4.37. The molecule has 0 radical (unpaired) electrons. The van der Waals surface area contributed by atoms with Crippen LogP contribution in [0.2, 0.25) is 5.02 Å². The van der Waals surface area contributed by atoms with Crippen LogP contribution in [0.4, 0.5) is 0 Å². The van der Waals surface area contributed by atoms with Gasteiger partial charge in [0.15, 0.2) is 0 Å². The van der Waals surface area contributed by atoms with E-state index in [1.807, 2.05) is 12.1 Å². The maximum Gasteiger partial charge on any atom is 0.0454 e. The van der Waals surface area contributed by atoms with Crippen molar-refractivity contribution in [2.24, 2.45) is 5.92 Å². The van der Waals surface area contributed by atoms with Gasteiger partial charge in [0.05, 0.1) is 0 Å². The number of nitrogens with one attached hydrogen (secondary N) is 1. The first-order chi connectivity index (χ1) is 6.68. The lowest BCUT2D eigenvalue weighted by Crippen LogP contribution is -2.13. The van der Waals surface area contributed by atoms with E-state index in [9.17, 15) is 0 Å². The van der Waals surface area contributed by atoms with Crippen molar-refractivity contribution in [3.05, 3.63) is 34.3 Å². The summed E-state index contributed by atoms with van der Waals surface area (Å²) in [5.74, 6) is 0.720. The minimum Gasteiger partial charge on any atom is -0.306 e. The van der Waals surface area contributed by atoms with Crippen molar-refractivity contribution in [3.8, 4) is 0 Å². The quantitative estimate of drug-likeness (QED) is 0.786. The fourth-order valence-electron chi connectivity index (χ4n) is 2.11. The highest BCUT2D eigenvalue weighted by Crippen LogP contribution is 2.33. The Labute approximate surface area is 90.5 Å². The van der Waals surface area contributed by atoms with Gasteiger partial charge in [0, 0.05) is 17.6 Å². The number of hydrogen-bond acceptors (Lipinski definition) is 1. The molecule has 0 aliphatic carbocycles. The van der Waals surface area contributed by atoms with Crippen LogP contribution in [0.1, 0.15) is 37.4 Å². The summed E-state index contributed by atoms with van der Waals surface area (Å²) < 4.78 is 0. The van der Waals surface area contributed by atoms with Crippen LogP contribution < -0.4 is 5.32 Å². The average Bonchev–Trinajstić information content (AvgIpc) is 2.49. The Morgan fingerprint density at radius 3 is 3.00 bits per heavy atom. The molecular weight excluding hydrogens is 194 g/mol. The van der Waals surface area contributed by atoms with Crippen molar-refractivity contribution in [1.29, 1.82) is 0 Å². The molecule has 1 unspecified atom stereocenters. The molecule has 1 N–H and O–H groups in total. The van der Waals surface area contributed by atoms with Gasteiger partial charge >= 0.3 is 0 Å². The van der Waals surface area contributed by atoms with Gasteiger partial charge in [-0.3, -0.25) is 0 Å². The minimum atomic E-state index is 0.503. The normalized spacial score (nSPS) is 20.1. The van der Waals surface area contributed by atoms with Crippen LogP contribution in [0.3, 0.4) is 0 Å². The van der Waals surface area contributed by atoms with Gasteiger partial charge in [-0.05, 0) is 29.5 Å². The van der Waals surface area contributed by atoms with Gasteiger partial charge in [0.2, 0.25) is 0 Å². The summed E-state index contributed by atoms with van der Waals surface area (Å²) in [7, 11) is 0. The molecule has 0 amide bonds. The summed E-state index contributed by atoms with van der Waals surface area (Å²) in [6.07, 6.45) is 1.19. The summed E-state index contributed by atoms with van der Waals surface area (Å²) in [6.45, 7) is 5.43. The lowest BCUT2D eigenvalue weighted by Gasteiger charge is -2.14. The molecule has 1 aromatic rings. The van der Waals surface area contributed by atoms with Gasteiger partial charge in [0.25, 0.3) is 0 Å². The van der Waals surface area contributed by atoms with Gasteiger partial charge in [0.1, 0.15) is 0 Å². The van der Waals surface area contributed by atoms with Gasteiger partial charge in [-0.2, -0.15) is 0 Å². The van der Waals surface area contributed by atoms with Crippen LogP contribution in [0, 0.1) is 5.92 Å². The topological polar surface area (TPSA) is 12.0 Å². The van der Waals surface area contributed by atoms with Crippen molar-refractivity contribution >= 4 is 11.6 Å². The summed E-state index contributed by atoms with van der Waals surface area (Å²) in [4.78, 5) is 0. The summed E-state index contributed by atoms with van der Waals surface area (Å²) in [6, 6.07) is 6.71. The van der Waals surface area contributed by atoms with E-state index < -0.39 is 0 Å². The highest BCUT2D eigenvalue weighted by Gasteiger charge is 2.23. The van der Waals surface area contributed by atoms with E-state index in [0.717, 1.165) is 17.5 Å². The fraction of sp³-hybridized carbons (Fsp3) is 0.500. The smallest absolute Gasteiger partial charge is 0.0454 e. The second-order valence-corrected chi connectivity index (χ2v) is 4.78. The SMILES string of the molecule is CC(C)CC1NCc2c(Cl)cccc21. The standard InChI is InChI=1S/C12H16ClN/c1-8(2)6-12-9-4-3-5-11(13)10(9)7-14-12/h3-5,8,12,14H,6-7H2,1-2H3. The van der Waals surface area contributed by atoms with Crippen LogP contribution >= 0.6 is 11.6 Å². The van der Waals surface area contributed by atoms with Crippen LogP contribution in [0.15, 0.2) is 18.2 Å². The number of hydrogen-bond donors (Lipinski definition) is 1. The monoisotopic (exact) mass is 209 g/mol. The Morgan fingerprint density at radius 1 is 1.50 bits per heavy atom. The van der Waals surface area contributed by atoms with E-state index in [-0.39, 0.29) is 0 Å². The van der Waals surface area contributed by atoms with Crippen LogP contribution in [0.25, 0.3) is 0 Å². The summed E-state index contributed by atoms with van der Waals surface area (Å²) >= 11 is 6.13. The van der Waals surface area contributed by atoms with Crippen molar-refractivity contribution in [2.45, 2.75) is 32.9 Å². The zero-order valence-electron chi connectivity index (χ0n) is 8.68. The lowest BCUT2D eigenvalue weighted by atomic mass is 9.97. The first-order valence-electron chi connectivity index (χ1n) is 5.19. The molecule has 1 aliphatic rings. The number of halogens is 1. The van der Waals surface area contributed by atoms with Gasteiger partial charge in [-0.1, -0.05) is 37.6 Å². The Hall–Kier alpha value is -0.530. The average molecular weight is 210 g/mol. The predicted octanol–water partition coefficient (Wildman–Crippen LogP) is 3.53. The summed E-state index contributed by atoms with van der Waals surface area (Å²) in [5.41, 5.74) is 2.69. The predicted molar refractivity (Wildman–Crippen MR) is 60.5 cm³/mol. The molecule has 0 spiro atoms. The van der Waals surface area contributed by atoms with E-state index in [0.29, 0.717) is 6.04 Å². The van der Waals surface area contributed by atoms with E-state index in [2.05, 4.69) is 25.2 Å². The van der Waals surface area contributed by atoms with Crippen molar-refractivity contribution < 1.29 is 0 Å². The lowest BCUT2D eigenvalue weighted by molar-refractivity contribution is 0.455. The molecule has 0 saturated heterocycles. The zero-order chi connectivity index (χ0) is 10.1. The molecule has 2 rings (SSSR count). The van der Waals surface area contributed by atoms with E-state index >= 15 is 0 Å². The first-order valence-corrected chi connectivity index (χ1v) is 5.57. The second kappa shape index (κ2) is 3.92. The molecule has 0 aromatic heterocycles. The third-order valence-corrected chi connectivity index (χ3v) is 3.12. The largest absolute Gasteiger partial charge is 0.306 e. The van der Waals surface area contributed by atoms with E-state index in [1.54, 1.807) is 0 Å². The molecule has 2 heteroatoms. The molecule has 1 atom stereocenters. The number of rotatable bonds is 2. The minimum absolute atomic E-state index is 0.503. The van der Waals surface area contributed by atoms with Gasteiger partial charge in [-0.15, -0.1) is 0 Å². The molecule has 0 fully saturated rings. The first kappa shape index (κ1) is 10.0. The molecule has 1 aliphatic heterocycles.